The van der Waals surface area contributed by atoms with Gasteiger partial charge in [-0.1, -0.05) is 0 Å². The van der Waals surface area contributed by atoms with Crippen molar-refractivity contribution in [3.63, 3.8) is 0 Å². The lowest BCUT2D eigenvalue weighted by Crippen LogP contribution is -2.58. The molecule has 17 saturated carbocycles. The van der Waals surface area contributed by atoms with Crippen molar-refractivity contribution in [3.8, 4) is 0 Å². The predicted octanol–water partition coefficient (Wildman–Crippen LogP) is 6.22. The molecule has 30 unspecified atom stereocenters. The lowest BCUT2D eigenvalue weighted by atomic mass is 9.43. The van der Waals surface area contributed by atoms with Crippen LogP contribution in [0.4, 0.5) is 0 Å². The number of nitrogens with zero attached hydrogens (tertiary/aromatic N) is 2. The number of carbonyl (C=O) groups is 2. The van der Waals surface area contributed by atoms with Crippen LogP contribution in [-0.2, 0) is 9.59 Å². The molecule has 30 atom stereocenters. The first-order chi connectivity index (χ1) is 24.9. The van der Waals surface area contributed by atoms with Crippen LogP contribution in [0, 0.1) is 195 Å². The van der Waals surface area contributed by atoms with E-state index >= 15 is 9.59 Å². The number of amides is 2. The molecule has 0 radical (unpaired) electrons. The van der Waals surface area contributed by atoms with E-state index in [4.69, 9.17) is 0 Å². The van der Waals surface area contributed by atoms with E-state index in [1.165, 1.54) is 25.7 Å². The summed E-state index contributed by atoms with van der Waals surface area (Å²) < 4.78 is 0. The molecule has 0 bridgehead atoms. The number of carbonyl (C=O) groups excluding carboxylic acids is 2. The monoisotopic (exact) mass is 684 g/mol. The molecule has 0 spiro atoms. The zero-order valence-corrected chi connectivity index (χ0v) is 31.3. The van der Waals surface area contributed by atoms with Crippen LogP contribution in [0.15, 0.2) is 0 Å². The maximum absolute atomic E-state index is 15.1. The fraction of sp³-hybridized carbons (Fsp3) is 0.957. The minimum absolute atomic E-state index is 0.222. The molecule has 0 aromatic heterocycles. The molecule has 0 heterocycles. The average Bonchev–Trinajstić information content (AvgIpc) is 3.71. The van der Waals surface area contributed by atoms with Gasteiger partial charge in [0, 0.05) is 28.2 Å². The van der Waals surface area contributed by atoms with Crippen molar-refractivity contribution >= 4 is 11.8 Å². The second-order valence-electron chi connectivity index (χ2n) is 24.6. The molecule has 0 saturated heterocycles. The zero-order chi connectivity index (χ0) is 32.9. The summed E-state index contributed by atoms with van der Waals surface area (Å²) in [5.74, 6) is 31.6. The summed E-state index contributed by atoms with van der Waals surface area (Å²) in [4.78, 5) is 33.9. The second kappa shape index (κ2) is 7.69. The molecular weight excluding hydrogens is 625 g/mol. The Labute approximate surface area is 304 Å². The van der Waals surface area contributed by atoms with Crippen molar-refractivity contribution in [2.75, 3.05) is 28.2 Å². The highest BCUT2D eigenvalue weighted by Gasteiger charge is 2.93. The second-order valence-corrected chi connectivity index (χ2v) is 24.6. The Kier molecular flexibility index (Phi) is 4.15. The van der Waals surface area contributed by atoms with Gasteiger partial charge < -0.3 is 9.80 Å². The van der Waals surface area contributed by atoms with Gasteiger partial charge in [-0.15, -0.1) is 0 Å². The maximum Gasteiger partial charge on any atom is 0.238 e. The average molecular weight is 685 g/mol. The Morgan fingerprint density at radius 2 is 0.510 bits per heavy atom. The Hall–Kier alpha value is -1.06. The summed E-state index contributed by atoms with van der Waals surface area (Å²) in [6, 6.07) is 0. The highest BCUT2D eigenvalue weighted by Crippen LogP contribution is 2.95. The van der Waals surface area contributed by atoms with Crippen LogP contribution in [-0.4, -0.2) is 49.8 Å². The zero-order valence-electron chi connectivity index (χ0n) is 31.3. The van der Waals surface area contributed by atoms with Gasteiger partial charge in [-0.2, -0.15) is 0 Å². The number of hydrogen-bond donors (Lipinski definition) is 0. The Balaban J connectivity index is 0.984. The topological polar surface area (TPSA) is 40.6 Å². The lowest BCUT2D eigenvalue weighted by Gasteiger charge is -2.61. The van der Waals surface area contributed by atoms with Gasteiger partial charge in [0.05, 0.1) is 0 Å². The molecule has 0 aromatic rings. The fourth-order valence-corrected chi connectivity index (χ4v) is 27.3. The molecule has 2 amide bonds. The molecular formula is C47H60N2O2. The summed E-state index contributed by atoms with van der Waals surface area (Å²) in [7, 11) is 7.98. The molecule has 4 heteroatoms. The van der Waals surface area contributed by atoms with Gasteiger partial charge in [0.15, 0.2) is 0 Å². The quantitative estimate of drug-likeness (QED) is 0.325. The SMILES string of the molecule is CN(C)C(=O)C1(C(=O)N(C)C)C2C3C4CCC5C6CCC7C8CCC9C%10CCC%11C%12C%10C%10C9C8C8C7C6C6C5C4C4C5C6C8C%10C5C%12C(C43)C%11C21. The van der Waals surface area contributed by atoms with Gasteiger partial charge in [-0.25, -0.2) is 0 Å². The van der Waals surface area contributed by atoms with Crippen molar-refractivity contribution < 1.29 is 9.59 Å². The van der Waals surface area contributed by atoms with E-state index in [1.807, 2.05) is 38.0 Å². The predicted molar refractivity (Wildman–Crippen MR) is 188 cm³/mol. The largest absolute Gasteiger partial charge is 0.348 e. The first-order valence-corrected chi connectivity index (χ1v) is 23.3. The van der Waals surface area contributed by atoms with E-state index in [0.717, 1.165) is 166 Å². The van der Waals surface area contributed by atoms with Gasteiger partial charge in [-0.05, 0) is 241 Å². The van der Waals surface area contributed by atoms with Crippen molar-refractivity contribution in [1.29, 1.82) is 0 Å². The smallest absolute Gasteiger partial charge is 0.238 e. The van der Waals surface area contributed by atoms with Gasteiger partial charge in [-0.3, -0.25) is 9.59 Å². The highest BCUT2D eigenvalue weighted by molar-refractivity contribution is 6.09. The summed E-state index contributed by atoms with van der Waals surface area (Å²) >= 11 is 0. The molecule has 0 N–H and O–H groups in total. The van der Waals surface area contributed by atoms with Crippen LogP contribution in [0.25, 0.3) is 0 Å². The van der Waals surface area contributed by atoms with E-state index < -0.39 is 5.41 Å². The van der Waals surface area contributed by atoms with Gasteiger partial charge in [0.2, 0.25) is 11.8 Å². The molecule has 0 aliphatic heterocycles. The third kappa shape index (κ3) is 2.21. The lowest BCUT2D eigenvalue weighted by molar-refractivity contribution is -0.150. The van der Waals surface area contributed by atoms with Crippen molar-refractivity contribution in [2.24, 2.45) is 195 Å². The minimum atomic E-state index is -0.760. The van der Waals surface area contributed by atoms with E-state index in [1.54, 1.807) is 25.7 Å². The molecule has 17 aliphatic rings. The summed E-state index contributed by atoms with van der Waals surface area (Å²) in [5, 5.41) is 0. The number of hydrogen-bond acceptors (Lipinski definition) is 2. The van der Waals surface area contributed by atoms with Gasteiger partial charge >= 0.3 is 0 Å². The standard InChI is InChI=1S/C47H60N2O2/c1-48(2)45(50)47(46(51)49(3)4)43-29-19-11-9-17-15-7-5-13-14-6-8-16-18-10-12-20-28-26(18)33-24(16)22(14)31-21(13)23(15)32-25(17)27(19)34-36(29)37(30(20)44(43)47)35(28)42-40(33)38(31)39(32)41(34)42/h13-44H,5-12H2,1-4H3. The summed E-state index contributed by atoms with van der Waals surface area (Å²) in [5.41, 5.74) is -0.760. The third-order valence-electron chi connectivity index (χ3n) is 25.6. The molecule has 270 valence electrons. The van der Waals surface area contributed by atoms with Crippen LogP contribution < -0.4 is 0 Å². The van der Waals surface area contributed by atoms with E-state index in [-0.39, 0.29) is 11.8 Å². The Morgan fingerprint density at radius 3 is 0.784 bits per heavy atom. The highest BCUT2D eigenvalue weighted by atomic mass is 16.2. The van der Waals surface area contributed by atoms with E-state index in [0.29, 0.717) is 23.7 Å². The first-order valence-electron chi connectivity index (χ1n) is 23.3. The summed E-state index contributed by atoms with van der Waals surface area (Å²) in [6.45, 7) is 0. The minimum Gasteiger partial charge on any atom is -0.348 e. The van der Waals surface area contributed by atoms with Crippen molar-refractivity contribution in [3.05, 3.63) is 0 Å². The van der Waals surface area contributed by atoms with Crippen LogP contribution in [0.2, 0.25) is 0 Å². The molecule has 17 fully saturated rings. The first kappa shape index (κ1) is 27.5. The normalized spacial score (nSPS) is 75.1. The van der Waals surface area contributed by atoms with E-state index in [9.17, 15) is 0 Å². The van der Waals surface area contributed by atoms with Crippen LogP contribution >= 0.6 is 0 Å². The molecule has 17 aliphatic carbocycles. The van der Waals surface area contributed by atoms with E-state index in [2.05, 4.69) is 0 Å². The van der Waals surface area contributed by atoms with Crippen LogP contribution in [0.1, 0.15) is 51.4 Å². The molecule has 17 rings (SSSR count). The summed E-state index contributed by atoms with van der Waals surface area (Å²) in [6.07, 6.45) is 12.5. The fourth-order valence-electron chi connectivity index (χ4n) is 27.3. The Bertz CT molecular complexity index is 1680. The van der Waals surface area contributed by atoms with Crippen molar-refractivity contribution in [2.45, 2.75) is 51.4 Å². The third-order valence-corrected chi connectivity index (χ3v) is 25.6. The molecule has 4 nitrogen and oxygen atoms in total. The Morgan fingerprint density at radius 1 is 0.314 bits per heavy atom. The molecule has 0 aromatic carbocycles. The number of rotatable bonds is 2. The van der Waals surface area contributed by atoms with Crippen LogP contribution in [0.5, 0.6) is 0 Å². The maximum atomic E-state index is 15.1. The molecule has 51 heavy (non-hydrogen) atoms. The number of fused-ring (bicyclic) bond motifs is 8. The van der Waals surface area contributed by atoms with Crippen LogP contribution in [0.3, 0.4) is 0 Å². The van der Waals surface area contributed by atoms with Gasteiger partial charge in [0.1, 0.15) is 5.41 Å². The van der Waals surface area contributed by atoms with Crippen molar-refractivity contribution in [1.82, 2.24) is 9.80 Å². The van der Waals surface area contributed by atoms with Gasteiger partial charge in [0.25, 0.3) is 0 Å².